The molecular formula is C13H18FNO. The predicted octanol–water partition coefficient (Wildman–Crippen LogP) is 2.08. The number of benzene rings is 1. The summed E-state index contributed by atoms with van der Waals surface area (Å²) < 4.78 is 18.5. The Bertz CT molecular complexity index is 363. The van der Waals surface area contributed by atoms with Crippen LogP contribution < -0.4 is 5.73 Å². The molecule has 16 heavy (non-hydrogen) atoms. The smallest absolute Gasteiger partial charge is 0.123 e. The van der Waals surface area contributed by atoms with E-state index in [9.17, 15) is 4.39 Å². The van der Waals surface area contributed by atoms with Crippen molar-refractivity contribution in [2.45, 2.75) is 18.8 Å². The molecule has 0 aliphatic carbocycles. The van der Waals surface area contributed by atoms with E-state index in [0.717, 1.165) is 12.0 Å². The van der Waals surface area contributed by atoms with Gasteiger partial charge in [0.15, 0.2) is 0 Å². The highest BCUT2D eigenvalue weighted by atomic mass is 19.1. The fourth-order valence-corrected chi connectivity index (χ4v) is 2.32. The van der Waals surface area contributed by atoms with Crippen LogP contribution in [0, 0.1) is 11.7 Å². The number of halogens is 1. The van der Waals surface area contributed by atoms with Gasteiger partial charge in [-0.15, -0.1) is 0 Å². The van der Waals surface area contributed by atoms with Crippen LogP contribution in [0.15, 0.2) is 24.3 Å². The van der Waals surface area contributed by atoms with Gasteiger partial charge in [0, 0.05) is 5.41 Å². The van der Waals surface area contributed by atoms with Crippen LogP contribution in [0.1, 0.15) is 18.9 Å². The van der Waals surface area contributed by atoms with Crippen LogP contribution >= 0.6 is 0 Å². The van der Waals surface area contributed by atoms with Crippen LogP contribution in [0.5, 0.6) is 0 Å². The first-order chi connectivity index (χ1) is 7.66. The van der Waals surface area contributed by atoms with Crippen molar-refractivity contribution in [3.63, 3.8) is 0 Å². The van der Waals surface area contributed by atoms with E-state index in [2.05, 4.69) is 6.92 Å². The molecule has 1 unspecified atom stereocenters. The van der Waals surface area contributed by atoms with E-state index in [-0.39, 0.29) is 11.2 Å². The monoisotopic (exact) mass is 223 g/mol. The lowest BCUT2D eigenvalue weighted by atomic mass is 9.72. The molecule has 3 heteroatoms. The maximum Gasteiger partial charge on any atom is 0.123 e. The Labute approximate surface area is 95.6 Å². The minimum atomic E-state index is -0.177. The lowest BCUT2D eigenvalue weighted by Crippen LogP contribution is -2.48. The average Bonchev–Trinajstić information content (AvgIpc) is 2.23. The quantitative estimate of drug-likeness (QED) is 0.848. The zero-order chi connectivity index (χ0) is 11.6. The fourth-order valence-electron chi connectivity index (χ4n) is 2.32. The first kappa shape index (κ1) is 11.6. The van der Waals surface area contributed by atoms with Crippen LogP contribution in [0.3, 0.4) is 0 Å². The van der Waals surface area contributed by atoms with Crippen molar-refractivity contribution in [1.82, 2.24) is 0 Å². The second kappa shape index (κ2) is 4.52. The van der Waals surface area contributed by atoms with Crippen LogP contribution in [0.4, 0.5) is 4.39 Å². The first-order valence-electron chi connectivity index (χ1n) is 5.70. The van der Waals surface area contributed by atoms with Crippen molar-refractivity contribution in [2.24, 2.45) is 11.7 Å². The summed E-state index contributed by atoms with van der Waals surface area (Å²) in [6, 6.07) is 6.83. The Hall–Kier alpha value is -0.930. The molecule has 1 saturated heterocycles. The lowest BCUT2D eigenvalue weighted by molar-refractivity contribution is -0.0703. The molecule has 2 nitrogen and oxygen atoms in total. The molecular weight excluding hydrogens is 205 g/mol. The zero-order valence-corrected chi connectivity index (χ0v) is 9.58. The number of nitrogens with two attached hydrogens (primary N) is 1. The molecule has 2 N–H and O–H groups in total. The van der Waals surface area contributed by atoms with Crippen LogP contribution in [0.25, 0.3) is 0 Å². The van der Waals surface area contributed by atoms with Gasteiger partial charge < -0.3 is 10.5 Å². The van der Waals surface area contributed by atoms with Gasteiger partial charge in [-0.25, -0.2) is 4.39 Å². The highest BCUT2D eigenvalue weighted by Crippen LogP contribution is 2.38. The molecule has 0 radical (unpaired) electrons. The van der Waals surface area contributed by atoms with E-state index in [0.29, 0.717) is 25.7 Å². The van der Waals surface area contributed by atoms with E-state index in [1.54, 1.807) is 12.1 Å². The minimum Gasteiger partial charge on any atom is -0.379 e. The van der Waals surface area contributed by atoms with Gasteiger partial charge in [0.25, 0.3) is 0 Å². The van der Waals surface area contributed by atoms with Gasteiger partial charge in [0.2, 0.25) is 0 Å². The van der Waals surface area contributed by atoms with E-state index < -0.39 is 0 Å². The maximum absolute atomic E-state index is 13.2. The molecule has 1 aliphatic rings. The fraction of sp³-hybridized carbons (Fsp3) is 0.538. The van der Waals surface area contributed by atoms with E-state index in [1.807, 2.05) is 6.07 Å². The van der Waals surface area contributed by atoms with Gasteiger partial charge in [0.1, 0.15) is 5.82 Å². The highest BCUT2D eigenvalue weighted by molar-refractivity contribution is 5.28. The van der Waals surface area contributed by atoms with E-state index in [4.69, 9.17) is 10.5 Å². The Kier molecular flexibility index (Phi) is 3.26. The Morgan fingerprint density at radius 1 is 1.50 bits per heavy atom. The Balaban J connectivity index is 2.21. The van der Waals surface area contributed by atoms with Crippen LogP contribution in [-0.2, 0) is 10.2 Å². The molecule has 1 atom stereocenters. The number of hydrogen-bond donors (Lipinski definition) is 1. The summed E-state index contributed by atoms with van der Waals surface area (Å²) in [6.07, 6.45) is 0.965. The Morgan fingerprint density at radius 3 is 2.75 bits per heavy atom. The second-order valence-electron chi connectivity index (χ2n) is 4.83. The van der Waals surface area contributed by atoms with Crippen molar-refractivity contribution in [2.75, 3.05) is 19.8 Å². The number of hydrogen-bond acceptors (Lipinski definition) is 2. The molecule has 1 heterocycles. The molecule has 0 aromatic heterocycles. The molecule has 1 aromatic rings. The topological polar surface area (TPSA) is 35.2 Å². The van der Waals surface area contributed by atoms with E-state index in [1.165, 1.54) is 6.07 Å². The van der Waals surface area contributed by atoms with Crippen molar-refractivity contribution in [3.05, 3.63) is 35.6 Å². The molecule has 0 saturated carbocycles. The summed E-state index contributed by atoms with van der Waals surface area (Å²) in [6.45, 7) is 4.15. The molecule has 2 rings (SSSR count). The summed E-state index contributed by atoms with van der Waals surface area (Å²) >= 11 is 0. The summed E-state index contributed by atoms with van der Waals surface area (Å²) in [5, 5.41) is 0. The average molecular weight is 223 g/mol. The van der Waals surface area contributed by atoms with Gasteiger partial charge in [-0.1, -0.05) is 19.1 Å². The molecule has 0 amide bonds. The summed E-state index contributed by atoms with van der Waals surface area (Å²) in [5.41, 5.74) is 6.68. The Morgan fingerprint density at radius 2 is 2.25 bits per heavy atom. The van der Waals surface area contributed by atoms with Crippen molar-refractivity contribution < 1.29 is 9.13 Å². The van der Waals surface area contributed by atoms with E-state index >= 15 is 0 Å². The van der Waals surface area contributed by atoms with Crippen molar-refractivity contribution in [1.29, 1.82) is 0 Å². The predicted molar refractivity (Wildman–Crippen MR) is 61.7 cm³/mol. The molecule has 1 fully saturated rings. The standard InChI is InChI=1S/C13H18FNO/c1-10(7-15)6-13(8-16-9-13)11-3-2-4-12(14)5-11/h2-5,10H,6-9,15H2,1H3. The summed E-state index contributed by atoms with van der Waals surface area (Å²) in [7, 11) is 0. The van der Waals surface area contributed by atoms with Gasteiger partial charge >= 0.3 is 0 Å². The van der Waals surface area contributed by atoms with Gasteiger partial charge in [-0.3, -0.25) is 0 Å². The third-order valence-corrected chi connectivity index (χ3v) is 3.34. The van der Waals surface area contributed by atoms with Crippen molar-refractivity contribution >= 4 is 0 Å². The van der Waals surface area contributed by atoms with Crippen molar-refractivity contribution in [3.8, 4) is 0 Å². The largest absolute Gasteiger partial charge is 0.379 e. The second-order valence-corrected chi connectivity index (χ2v) is 4.83. The number of ether oxygens (including phenoxy) is 1. The minimum absolute atomic E-state index is 0.0130. The lowest BCUT2D eigenvalue weighted by Gasteiger charge is -2.43. The molecule has 88 valence electrons. The summed E-state index contributed by atoms with van der Waals surface area (Å²) in [5.74, 6) is 0.261. The summed E-state index contributed by atoms with van der Waals surface area (Å²) in [4.78, 5) is 0. The third kappa shape index (κ3) is 2.11. The molecule has 0 spiro atoms. The molecule has 1 aliphatic heterocycles. The van der Waals surface area contributed by atoms with Gasteiger partial charge in [0.05, 0.1) is 13.2 Å². The van der Waals surface area contributed by atoms with Crippen LogP contribution in [-0.4, -0.2) is 19.8 Å². The maximum atomic E-state index is 13.2. The van der Waals surface area contributed by atoms with Gasteiger partial charge in [-0.2, -0.15) is 0 Å². The first-order valence-corrected chi connectivity index (χ1v) is 5.70. The van der Waals surface area contributed by atoms with Gasteiger partial charge in [-0.05, 0) is 36.6 Å². The number of rotatable bonds is 4. The SMILES string of the molecule is CC(CN)CC1(c2cccc(F)c2)COC1. The molecule has 1 aromatic carbocycles. The normalized spacial score (nSPS) is 20.2. The highest BCUT2D eigenvalue weighted by Gasteiger charge is 2.41. The van der Waals surface area contributed by atoms with Crippen LogP contribution in [0.2, 0.25) is 0 Å². The third-order valence-electron chi connectivity index (χ3n) is 3.34. The zero-order valence-electron chi connectivity index (χ0n) is 9.58. The molecule has 0 bridgehead atoms.